The van der Waals surface area contributed by atoms with E-state index in [1.54, 1.807) is 16.9 Å². The molecule has 7 nitrogen and oxygen atoms in total. The number of fused-ring (bicyclic) bond motifs is 1. The van der Waals surface area contributed by atoms with Crippen LogP contribution in [0.1, 0.15) is 34.2 Å². The predicted octanol–water partition coefficient (Wildman–Crippen LogP) is 3.11. The molecule has 0 fully saturated rings. The molecular weight excluding hydrogens is 364 g/mol. The van der Waals surface area contributed by atoms with Crippen LogP contribution in [0.4, 0.5) is 0 Å². The lowest BCUT2D eigenvalue weighted by Gasteiger charge is -2.14. The molecule has 1 aromatic carbocycles. The van der Waals surface area contributed by atoms with E-state index < -0.39 is 0 Å². The fourth-order valence-electron chi connectivity index (χ4n) is 3.65. The van der Waals surface area contributed by atoms with Gasteiger partial charge in [-0.15, -0.1) is 0 Å². The standard InChI is InChI=1S/C22H24N6O/c1-14(12-18-15(2)26-27(4)16(18)3)25-22(29)19-13-24-28-20(10-11-23-21(19)28)17-8-6-5-7-9-17/h5-11,13-14H,12H2,1-4H3,(H,25,29)/t14-/m0/s1. The Hall–Kier alpha value is -3.48. The summed E-state index contributed by atoms with van der Waals surface area (Å²) in [4.78, 5) is 17.3. The summed E-state index contributed by atoms with van der Waals surface area (Å²) in [5, 5.41) is 11.9. The molecule has 1 atom stereocenters. The minimum Gasteiger partial charge on any atom is -0.349 e. The summed E-state index contributed by atoms with van der Waals surface area (Å²) in [6.45, 7) is 6.04. The lowest BCUT2D eigenvalue weighted by Crippen LogP contribution is -2.34. The molecule has 0 bridgehead atoms. The molecule has 3 aromatic heterocycles. The molecule has 0 aliphatic heterocycles. The van der Waals surface area contributed by atoms with Gasteiger partial charge in [-0.3, -0.25) is 9.48 Å². The van der Waals surface area contributed by atoms with Gasteiger partial charge in [0.25, 0.3) is 5.91 Å². The molecule has 0 saturated carbocycles. The highest BCUT2D eigenvalue weighted by Gasteiger charge is 2.19. The fourth-order valence-corrected chi connectivity index (χ4v) is 3.65. The Morgan fingerprint density at radius 3 is 2.62 bits per heavy atom. The molecule has 29 heavy (non-hydrogen) atoms. The zero-order valence-corrected chi connectivity index (χ0v) is 17.0. The van der Waals surface area contributed by atoms with Crippen LogP contribution in [-0.4, -0.2) is 36.3 Å². The summed E-state index contributed by atoms with van der Waals surface area (Å²) < 4.78 is 3.59. The Balaban J connectivity index is 1.58. The van der Waals surface area contributed by atoms with Gasteiger partial charge in [-0.25, -0.2) is 9.50 Å². The summed E-state index contributed by atoms with van der Waals surface area (Å²) in [7, 11) is 1.93. The van der Waals surface area contributed by atoms with E-state index in [2.05, 4.69) is 20.5 Å². The molecule has 0 unspecified atom stereocenters. The quantitative estimate of drug-likeness (QED) is 0.570. The summed E-state index contributed by atoms with van der Waals surface area (Å²) in [6, 6.07) is 11.8. The smallest absolute Gasteiger partial charge is 0.256 e. The molecule has 0 aliphatic rings. The maximum atomic E-state index is 12.9. The van der Waals surface area contributed by atoms with E-state index in [1.807, 2.05) is 68.9 Å². The topological polar surface area (TPSA) is 77.1 Å². The average molecular weight is 388 g/mol. The van der Waals surface area contributed by atoms with Gasteiger partial charge in [0.05, 0.1) is 17.6 Å². The first-order valence-electron chi connectivity index (χ1n) is 9.63. The normalized spacial score (nSPS) is 12.3. The molecule has 0 aliphatic carbocycles. The van der Waals surface area contributed by atoms with E-state index in [0.29, 0.717) is 11.2 Å². The van der Waals surface area contributed by atoms with Crippen LogP contribution in [0.15, 0.2) is 48.8 Å². The van der Waals surface area contributed by atoms with Gasteiger partial charge < -0.3 is 5.32 Å². The van der Waals surface area contributed by atoms with E-state index in [1.165, 1.54) is 5.56 Å². The molecule has 0 saturated heterocycles. The average Bonchev–Trinajstić information content (AvgIpc) is 3.25. The molecule has 148 valence electrons. The minimum absolute atomic E-state index is 0.0450. The summed E-state index contributed by atoms with van der Waals surface area (Å²) >= 11 is 0. The third kappa shape index (κ3) is 3.51. The SMILES string of the molecule is Cc1nn(C)c(C)c1C[C@H](C)NC(=O)c1cnn2c(-c3ccccc3)ccnc12. The molecule has 4 rings (SSSR count). The summed E-state index contributed by atoms with van der Waals surface area (Å²) in [5.74, 6) is -0.176. The highest BCUT2D eigenvalue weighted by molar-refractivity contribution is 6.00. The van der Waals surface area contributed by atoms with Crippen molar-refractivity contribution < 1.29 is 4.79 Å². The molecular formula is C22H24N6O. The second-order valence-electron chi connectivity index (χ2n) is 7.34. The number of hydrogen-bond acceptors (Lipinski definition) is 4. The number of carbonyl (C=O) groups is 1. The minimum atomic E-state index is -0.176. The van der Waals surface area contributed by atoms with Gasteiger partial charge in [0.15, 0.2) is 5.65 Å². The number of amides is 1. The van der Waals surface area contributed by atoms with Crippen LogP contribution in [0.5, 0.6) is 0 Å². The van der Waals surface area contributed by atoms with Crippen LogP contribution in [0, 0.1) is 13.8 Å². The molecule has 0 radical (unpaired) electrons. The van der Waals surface area contributed by atoms with Gasteiger partial charge in [0.2, 0.25) is 0 Å². The van der Waals surface area contributed by atoms with Gasteiger partial charge in [-0.2, -0.15) is 10.2 Å². The van der Waals surface area contributed by atoms with Crippen LogP contribution in [0.2, 0.25) is 0 Å². The van der Waals surface area contributed by atoms with Crippen LogP contribution in [-0.2, 0) is 13.5 Å². The molecule has 4 aromatic rings. The van der Waals surface area contributed by atoms with Crippen molar-refractivity contribution in [1.29, 1.82) is 0 Å². The maximum absolute atomic E-state index is 12.9. The van der Waals surface area contributed by atoms with E-state index in [4.69, 9.17) is 0 Å². The fraction of sp³-hybridized carbons (Fsp3) is 0.273. The zero-order valence-electron chi connectivity index (χ0n) is 17.0. The Morgan fingerprint density at radius 2 is 1.93 bits per heavy atom. The Kier molecular flexibility index (Phi) is 4.88. The van der Waals surface area contributed by atoms with Gasteiger partial charge in [0.1, 0.15) is 5.56 Å². The van der Waals surface area contributed by atoms with E-state index >= 15 is 0 Å². The van der Waals surface area contributed by atoms with E-state index in [0.717, 1.165) is 29.1 Å². The van der Waals surface area contributed by atoms with Crippen molar-refractivity contribution in [3.05, 3.63) is 71.3 Å². The van der Waals surface area contributed by atoms with Gasteiger partial charge in [-0.1, -0.05) is 30.3 Å². The predicted molar refractivity (Wildman–Crippen MR) is 112 cm³/mol. The molecule has 3 heterocycles. The second kappa shape index (κ2) is 7.50. The Labute approximate surface area is 169 Å². The third-order valence-corrected chi connectivity index (χ3v) is 5.26. The maximum Gasteiger partial charge on any atom is 0.256 e. The van der Waals surface area contributed by atoms with Crippen molar-refractivity contribution in [2.24, 2.45) is 7.05 Å². The Morgan fingerprint density at radius 1 is 1.17 bits per heavy atom. The van der Waals surface area contributed by atoms with Gasteiger partial charge >= 0.3 is 0 Å². The first-order chi connectivity index (χ1) is 14.0. The number of carbonyl (C=O) groups excluding carboxylic acids is 1. The van der Waals surface area contributed by atoms with Crippen molar-refractivity contribution in [3.8, 4) is 11.3 Å². The van der Waals surface area contributed by atoms with Crippen molar-refractivity contribution in [3.63, 3.8) is 0 Å². The number of aryl methyl sites for hydroxylation is 2. The first-order valence-corrected chi connectivity index (χ1v) is 9.63. The summed E-state index contributed by atoms with van der Waals surface area (Å²) in [5.41, 5.74) is 6.21. The molecule has 7 heteroatoms. The van der Waals surface area contributed by atoms with E-state index in [-0.39, 0.29) is 11.9 Å². The lowest BCUT2D eigenvalue weighted by atomic mass is 10.1. The van der Waals surface area contributed by atoms with Crippen LogP contribution in [0.25, 0.3) is 16.9 Å². The first kappa shape index (κ1) is 18.9. The van der Waals surface area contributed by atoms with E-state index in [9.17, 15) is 4.79 Å². The number of nitrogens with zero attached hydrogens (tertiary/aromatic N) is 5. The number of aromatic nitrogens is 5. The highest BCUT2D eigenvalue weighted by Crippen LogP contribution is 2.21. The second-order valence-corrected chi connectivity index (χ2v) is 7.34. The van der Waals surface area contributed by atoms with Gasteiger partial charge in [-0.05, 0) is 38.8 Å². The Bertz CT molecular complexity index is 1170. The molecule has 0 spiro atoms. The number of rotatable bonds is 5. The zero-order chi connectivity index (χ0) is 20.5. The summed E-state index contributed by atoms with van der Waals surface area (Å²) in [6.07, 6.45) is 4.01. The monoisotopic (exact) mass is 388 g/mol. The van der Waals surface area contributed by atoms with Crippen molar-refractivity contribution in [2.75, 3.05) is 0 Å². The van der Waals surface area contributed by atoms with Crippen LogP contribution >= 0.6 is 0 Å². The highest BCUT2D eigenvalue weighted by atomic mass is 16.1. The van der Waals surface area contributed by atoms with Crippen molar-refractivity contribution in [1.82, 2.24) is 29.7 Å². The lowest BCUT2D eigenvalue weighted by molar-refractivity contribution is 0.0941. The van der Waals surface area contributed by atoms with Crippen molar-refractivity contribution >= 4 is 11.6 Å². The van der Waals surface area contributed by atoms with Crippen LogP contribution in [0.3, 0.4) is 0 Å². The van der Waals surface area contributed by atoms with Crippen LogP contribution < -0.4 is 5.32 Å². The molecule has 1 N–H and O–H groups in total. The van der Waals surface area contributed by atoms with Crippen molar-refractivity contribution in [2.45, 2.75) is 33.2 Å². The molecule has 1 amide bonds. The largest absolute Gasteiger partial charge is 0.349 e. The van der Waals surface area contributed by atoms with Gasteiger partial charge in [0, 0.05) is 30.5 Å². The number of hydrogen-bond donors (Lipinski definition) is 1. The number of benzene rings is 1. The number of nitrogens with one attached hydrogen (secondary N) is 1. The third-order valence-electron chi connectivity index (χ3n) is 5.26.